The van der Waals surface area contributed by atoms with Crippen molar-refractivity contribution in [2.75, 3.05) is 31.7 Å². The van der Waals surface area contributed by atoms with Crippen LogP contribution in [-0.4, -0.2) is 43.4 Å². The molecule has 30 heavy (non-hydrogen) atoms. The van der Waals surface area contributed by atoms with Crippen LogP contribution in [-0.2, 0) is 14.3 Å². The van der Waals surface area contributed by atoms with Gasteiger partial charge in [-0.25, -0.2) is 4.98 Å². The standard InChI is InChI=1S/C23H23N3O4/c24-11-16-9-14(1-2-20(16)30-17-4-7-28-8-5-17)15-3-6-25-21(10-15)26-23(27)22-18-12-29-13-19(18)22/h1-3,6,9-10,17-19,22H,4-5,7-8,12-13H2,(H,25,26,27). The number of hydrogen-bond acceptors (Lipinski definition) is 6. The van der Waals surface area contributed by atoms with E-state index in [9.17, 15) is 10.1 Å². The number of nitrogens with zero attached hydrogens (tertiary/aromatic N) is 2. The van der Waals surface area contributed by atoms with E-state index in [2.05, 4.69) is 16.4 Å². The van der Waals surface area contributed by atoms with Crippen molar-refractivity contribution < 1.29 is 19.0 Å². The summed E-state index contributed by atoms with van der Waals surface area (Å²) in [6.07, 6.45) is 3.40. The van der Waals surface area contributed by atoms with E-state index in [-0.39, 0.29) is 17.9 Å². The highest BCUT2D eigenvalue weighted by atomic mass is 16.5. The van der Waals surface area contributed by atoms with Crippen molar-refractivity contribution >= 4 is 11.7 Å². The van der Waals surface area contributed by atoms with Crippen molar-refractivity contribution in [3.63, 3.8) is 0 Å². The summed E-state index contributed by atoms with van der Waals surface area (Å²) in [7, 11) is 0. The first-order chi connectivity index (χ1) is 14.7. The van der Waals surface area contributed by atoms with E-state index in [0.717, 1.165) is 24.0 Å². The maximum Gasteiger partial charge on any atom is 0.229 e. The van der Waals surface area contributed by atoms with Gasteiger partial charge in [0.15, 0.2) is 0 Å². The number of fused-ring (bicyclic) bond motifs is 1. The van der Waals surface area contributed by atoms with Crippen LogP contribution in [0, 0.1) is 29.1 Å². The molecule has 2 atom stereocenters. The molecule has 1 saturated carbocycles. The molecule has 154 valence electrons. The van der Waals surface area contributed by atoms with Gasteiger partial charge in [0.25, 0.3) is 0 Å². The number of carbonyl (C=O) groups is 1. The van der Waals surface area contributed by atoms with E-state index in [0.29, 0.717) is 55.4 Å². The summed E-state index contributed by atoms with van der Waals surface area (Å²) < 4.78 is 16.7. The summed E-state index contributed by atoms with van der Waals surface area (Å²) in [5.41, 5.74) is 2.25. The Balaban J connectivity index is 1.30. The van der Waals surface area contributed by atoms with Crippen LogP contribution in [0.1, 0.15) is 18.4 Å². The van der Waals surface area contributed by atoms with Crippen LogP contribution in [0.2, 0.25) is 0 Å². The lowest BCUT2D eigenvalue weighted by Gasteiger charge is -2.23. The van der Waals surface area contributed by atoms with Gasteiger partial charge in [-0.3, -0.25) is 4.79 Å². The number of nitriles is 1. The molecule has 1 aliphatic carbocycles. The number of nitrogens with one attached hydrogen (secondary N) is 1. The summed E-state index contributed by atoms with van der Waals surface area (Å²) in [5.74, 6) is 1.87. The Labute approximate surface area is 175 Å². The maximum absolute atomic E-state index is 12.5. The van der Waals surface area contributed by atoms with Crippen molar-refractivity contribution in [2.45, 2.75) is 18.9 Å². The van der Waals surface area contributed by atoms with Crippen molar-refractivity contribution in [1.82, 2.24) is 4.98 Å². The first-order valence-corrected chi connectivity index (χ1v) is 10.4. The number of pyridine rings is 1. The van der Waals surface area contributed by atoms with Gasteiger partial charge in [-0.05, 0) is 47.2 Å². The minimum absolute atomic E-state index is 0.0101. The molecule has 1 aromatic carbocycles. The first kappa shape index (κ1) is 19.0. The third-order valence-electron chi connectivity index (χ3n) is 6.16. The molecule has 3 fully saturated rings. The molecule has 3 aliphatic rings. The van der Waals surface area contributed by atoms with Crippen molar-refractivity contribution in [3.8, 4) is 22.9 Å². The number of rotatable bonds is 5. The number of ether oxygens (including phenoxy) is 3. The van der Waals surface area contributed by atoms with Crippen LogP contribution in [0.4, 0.5) is 5.82 Å². The fourth-order valence-corrected chi connectivity index (χ4v) is 4.39. The molecule has 2 aromatic rings. The van der Waals surface area contributed by atoms with Gasteiger partial charge in [-0.15, -0.1) is 0 Å². The lowest BCUT2D eigenvalue weighted by Crippen LogP contribution is -2.26. The summed E-state index contributed by atoms with van der Waals surface area (Å²) in [4.78, 5) is 16.8. The number of carbonyl (C=O) groups excluding carboxylic acids is 1. The monoisotopic (exact) mass is 405 g/mol. The van der Waals surface area contributed by atoms with Crippen LogP contribution in [0.15, 0.2) is 36.5 Å². The Morgan fingerprint density at radius 2 is 1.87 bits per heavy atom. The Morgan fingerprint density at radius 1 is 1.10 bits per heavy atom. The van der Waals surface area contributed by atoms with Gasteiger partial charge in [-0.2, -0.15) is 5.26 Å². The van der Waals surface area contributed by atoms with Crippen LogP contribution in [0.5, 0.6) is 5.75 Å². The lowest BCUT2D eigenvalue weighted by atomic mass is 10.0. The predicted octanol–water partition coefficient (Wildman–Crippen LogP) is 3.01. The van der Waals surface area contributed by atoms with Gasteiger partial charge >= 0.3 is 0 Å². The highest BCUT2D eigenvalue weighted by Gasteiger charge is 2.58. The molecular weight excluding hydrogens is 382 g/mol. The molecule has 1 N–H and O–H groups in total. The van der Waals surface area contributed by atoms with E-state index in [4.69, 9.17) is 14.2 Å². The molecule has 2 saturated heterocycles. The summed E-state index contributed by atoms with van der Waals surface area (Å²) >= 11 is 0. The zero-order valence-electron chi connectivity index (χ0n) is 16.5. The fourth-order valence-electron chi connectivity index (χ4n) is 4.39. The number of aromatic nitrogens is 1. The minimum atomic E-state index is 0.0101. The molecule has 7 nitrogen and oxygen atoms in total. The molecule has 0 radical (unpaired) electrons. The average Bonchev–Trinajstić information content (AvgIpc) is 3.27. The normalized spacial score (nSPS) is 25.2. The Kier molecular flexibility index (Phi) is 5.11. The van der Waals surface area contributed by atoms with E-state index < -0.39 is 0 Å². The van der Waals surface area contributed by atoms with Gasteiger partial charge in [-0.1, -0.05) is 6.07 Å². The van der Waals surface area contributed by atoms with E-state index in [1.165, 1.54) is 0 Å². The van der Waals surface area contributed by atoms with Gasteiger partial charge in [0.2, 0.25) is 5.91 Å². The lowest BCUT2D eigenvalue weighted by molar-refractivity contribution is -0.118. The van der Waals surface area contributed by atoms with Gasteiger partial charge in [0.1, 0.15) is 23.7 Å². The summed E-state index contributed by atoms with van der Waals surface area (Å²) in [5, 5.41) is 12.5. The maximum atomic E-state index is 12.5. The molecule has 2 unspecified atom stereocenters. The number of anilines is 1. The van der Waals surface area contributed by atoms with E-state index >= 15 is 0 Å². The number of benzene rings is 1. The van der Waals surface area contributed by atoms with Gasteiger partial charge < -0.3 is 19.5 Å². The van der Waals surface area contributed by atoms with Gasteiger partial charge in [0, 0.05) is 25.0 Å². The third-order valence-corrected chi connectivity index (χ3v) is 6.16. The van der Waals surface area contributed by atoms with Crippen LogP contribution in [0.3, 0.4) is 0 Å². The molecular formula is C23H23N3O4. The molecule has 1 amide bonds. The molecule has 3 heterocycles. The largest absolute Gasteiger partial charge is 0.489 e. The van der Waals surface area contributed by atoms with Crippen LogP contribution < -0.4 is 10.1 Å². The fraction of sp³-hybridized carbons (Fsp3) is 0.435. The van der Waals surface area contributed by atoms with Crippen molar-refractivity contribution in [2.24, 2.45) is 17.8 Å². The summed E-state index contributed by atoms with van der Waals surface area (Å²) in [6.45, 7) is 2.72. The Bertz CT molecular complexity index is 986. The molecule has 5 rings (SSSR count). The van der Waals surface area contributed by atoms with Crippen molar-refractivity contribution in [3.05, 3.63) is 42.1 Å². The SMILES string of the molecule is N#Cc1cc(-c2ccnc(NC(=O)C3C4COCC43)c2)ccc1OC1CCOCC1. The smallest absolute Gasteiger partial charge is 0.229 e. The highest BCUT2D eigenvalue weighted by molar-refractivity contribution is 5.94. The topological polar surface area (TPSA) is 93.5 Å². The quantitative estimate of drug-likeness (QED) is 0.822. The van der Waals surface area contributed by atoms with Crippen LogP contribution >= 0.6 is 0 Å². The molecule has 0 bridgehead atoms. The van der Waals surface area contributed by atoms with E-state index in [1.54, 1.807) is 6.20 Å². The molecule has 1 aromatic heterocycles. The zero-order valence-corrected chi connectivity index (χ0v) is 16.5. The van der Waals surface area contributed by atoms with Gasteiger partial charge in [0.05, 0.1) is 32.0 Å². The number of amides is 1. The Hall–Kier alpha value is -2.95. The first-order valence-electron chi connectivity index (χ1n) is 10.4. The zero-order chi connectivity index (χ0) is 20.5. The minimum Gasteiger partial charge on any atom is -0.489 e. The second kappa shape index (κ2) is 8.05. The summed E-state index contributed by atoms with van der Waals surface area (Å²) in [6, 6.07) is 11.5. The Morgan fingerprint density at radius 3 is 2.63 bits per heavy atom. The van der Waals surface area contributed by atoms with Crippen LogP contribution in [0.25, 0.3) is 11.1 Å². The third kappa shape index (κ3) is 3.76. The molecule has 2 aliphatic heterocycles. The average molecular weight is 405 g/mol. The second-order valence-electron chi connectivity index (χ2n) is 8.06. The van der Waals surface area contributed by atoms with Crippen molar-refractivity contribution in [1.29, 1.82) is 5.26 Å². The number of hydrogen-bond donors (Lipinski definition) is 1. The predicted molar refractivity (Wildman–Crippen MR) is 109 cm³/mol. The highest BCUT2D eigenvalue weighted by Crippen LogP contribution is 2.51. The molecule has 7 heteroatoms. The molecule has 0 spiro atoms. The van der Waals surface area contributed by atoms with E-state index in [1.807, 2.05) is 30.3 Å². The second-order valence-corrected chi connectivity index (χ2v) is 8.06.